The SMILES string of the molecule is CCC1CN(c2c(F)cc3c(=O)c(C(=O)O)c4scc5n4c3c2N(C)C5)CCN1C. The Morgan fingerprint density at radius 2 is 2.07 bits per heavy atom. The molecule has 9 heteroatoms. The Balaban J connectivity index is 1.86. The normalized spacial score (nSPS) is 19.4. The van der Waals surface area contributed by atoms with Crippen molar-refractivity contribution >= 4 is 44.4 Å². The van der Waals surface area contributed by atoms with Gasteiger partial charge in [-0.05, 0) is 19.5 Å². The van der Waals surface area contributed by atoms with Gasteiger partial charge in [0, 0.05) is 38.1 Å². The van der Waals surface area contributed by atoms with Crippen molar-refractivity contribution < 1.29 is 14.3 Å². The maximum atomic E-state index is 15.5. The van der Waals surface area contributed by atoms with Crippen LogP contribution in [0.4, 0.5) is 15.8 Å². The molecule has 0 spiro atoms. The van der Waals surface area contributed by atoms with Crippen LogP contribution in [0.1, 0.15) is 29.4 Å². The minimum absolute atomic E-state index is 0.119. The largest absolute Gasteiger partial charge is 0.477 e. The molecular weight excluding hydrogens is 407 g/mol. The number of pyridine rings is 1. The number of carboxylic acid groups (broad SMARTS) is 1. The van der Waals surface area contributed by atoms with Gasteiger partial charge in [-0.2, -0.15) is 0 Å². The molecule has 3 aromatic rings. The van der Waals surface area contributed by atoms with Crippen molar-refractivity contribution in [1.29, 1.82) is 0 Å². The molecule has 2 aliphatic heterocycles. The summed E-state index contributed by atoms with van der Waals surface area (Å²) in [5, 5.41) is 11.7. The molecule has 1 aromatic carbocycles. The van der Waals surface area contributed by atoms with Gasteiger partial charge in [-0.1, -0.05) is 6.92 Å². The Labute approximate surface area is 176 Å². The fourth-order valence-electron chi connectivity index (χ4n) is 4.89. The summed E-state index contributed by atoms with van der Waals surface area (Å²) < 4.78 is 17.4. The van der Waals surface area contributed by atoms with Gasteiger partial charge >= 0.3 is 5.97 Å². The van der Waals surface area contributed by atoms with Crippen molar-refractivity contribution in [2.24, 2.45) is 0 Å². The van der Waals surface area contributed by atoms with E-state index in [4.69, 9.17) is 0 Å². The highest BCUT2D eigenvalue weighted by molar-refractivity contribution is 7.16. The van der Waals surface area contributed by atoms with Crippen LogP contribution < -0.4 is 15.2 Å². The second-order valence-electron chi connectivity index (χ2n) is 8.17. The minimum atomic E-state index is -1.28. The molecule has 4 heterocycles. The van der Waals surface area contributed by atoms with Crippen LogP contribution in [0.3, 0.4) is 0 Å². The molecule has 5 rings (SSSR count). The highest BCUT2D eigenvalue weighted by Crippen LogP contribution is 2.43. The monoisotopic (exact) mass is 430 g/mol. The summed E-state index contributed by atoms with van der Waals surface area (Å²) in [5.41, 5.74) is 1.77. The lowest BCUT2D eigenvalue weighted by molar-refractivity contribution is 0.0697. The minimum Gasteiger partial charge on any atom is -0.477 e. The van der Waals surface area contributed by atoms with Gasteiger partial charge in [0.2, 0.25) is 5.43 Å². The fourth-order valence-corrected chi connectivity index (χ4v) is 5.93. The zero-order valence-corrected chi connectivity index (χ0v) is 17.9. The van der Waals surface area contributed by atoms with E-state index in [-0.39, 0.29) is 10.9 Å². The zero-order valence-electron chi connectivity index (χ0n) is 17.1. The predicted molar refractivity (Wildman–Crippen MR) is 117 cm³/mol. The number of nitrogens with zero attached hydrogens (tertiary/aromatic N) is 4. The molecule has 1 fully saturated rings. The maximum Gasteiger partial charge on any atom is 0.342 e. The van der Waals surface area contributed by atoms with Crippen molar-refractivity contribution in [3.05, 3.63) is 38.7 Å². The predicted octanol–water partition coefficient (Wildman–Crippen LogP) is 2.83. The lowest BCUT2D eigenvalue weighted by atomic mass is 10.0. The van der Waals surface area contributed by atoms with Crippen molar-refractivity contribution in [3.8, 4) is 0 Å². The van der Waals surface area contributed by atoms with Gasteiger partial charge in [0.15, 0.2) is 0 Å². The lowest BCUT2D eigenvalue weighted by Gasteiger charge is -2.42. The summed E-state index contributed by atoms with van der Waals surface area (Å²) in [6.07, 6.45) is 0.966. The Kier molecular flexibility index (Phi) is 4.30. The van der Waals surface area contributed by atoms with Gasteiger partial charge in [-0.3, -0.25) is 14.1 Å². The number of hydrogen-bond donors (Lipinski definition) is 1. The van der Waals surface area contributed by atoms with E-state index in [2.05, 4.69) is 23.8 Å². The molecule has 158 valence electrons. The number of aromatic carboxylic acids is 1. The van der Waals surface area contributed by atoms with E-state index in [1.807, 2.05) is 21.7 Å². The third-order valence-corrected chi connectivity index (χ3v) is 7.47. The number of hydrogen-bond acceptors (Lipinski definition) is 6. The second kappa shape index (κ2) is 6.68. The molecule has 1 unspecified atom stereocenters. The molecule has 1 N–H and O–H groups in total. The molecule has 1 atom stereocenters. The first-order valence-corrected chi connectivity index (χ1v) is 10.9. The number of rotatable bonds is 3. The number of thiazole rings is 1. The molecule has 0 aliphatic carbocycles. The average molecular weight is 431 g/mol. The number of carboxylic acids is 1. The molecule has 2 aliphatic rings. The summed E-state index contributed by atoms with van der Waals surface area (Å²) in [7, 11) is 3.99. The standard InChI is InChI=1S/C21H23FN4O3S/c1-4-11-9-25(6-5-23(11)2)17-14(22)7-13-16-18(17)24(3)8-12-10-30-20(26(12)16)15(19(13)27)21(28)29/h7,10-11H,4-6,8-9H2,1-3H3,(H,28,29). The first-order chi connectivity index (χ1) is 14.3. The fraction of sp³-hybridized carbons (Fsp3) is 0.429. The maximum absolute atomic E-state index is 15.5. The van der Waals surface area contributed by atoms with E-state index in [0.29, 0.717) is 47.4 Å². The van der Waals surface area contributed by atoms with Crippen molar-refractivity contribution in [3.63, 3.8) is 0 Å². The summed E-state index contributed by atoms with van der Waals surface area (Å²) in [4.78, 5) is 31.7. The van der Waals surface area contributed by atoms with E-state index >= 15 is 4.39 Å². The van der Waals surface area contributed by atoms with E-state index in [9.17, 15) is 14.7 Å². The number of anilines is 2. The van der Waals surface area contributed by atoms with Crippen molar-refractivity contribution in [2.75, 3.05) is 43.5 Å². The van der Waals surface area contributed by atoms with Gasteiger partial charge < -0.3 is 14.9 Å². The van der Waals surface area contributed by atoms with Crippen LogP contribution in [0.15, 0.2) is 16.2 Å². The quantitative estimate of drug-likeness (QED) is 0.689. The van der Waals surface area contributed by atoms with Gasteiger partial charge in [0.25, 0.3) is 0 Å². The van der Waals surface area contributed by atoms with Crippen molar-refractivity contribution in [2.45, 2.75) is 25.9 Å². The molecular formula is C21H23FN4O3S. The number of aromatic nitrogens is 1. The number of piperazine rings is 1. The molecule has 1 saturated heterocycles. The van der Waals surface area contributed by atoms with Gasteiger partial charge in [0.05, 0.1) is 34.5 Å². The Morgan fingerprint density at radius 3 is 2.77 bits per heavy atom. The highest BCUT2D eigenvalue weighted by atomic mass is 32.1. The third kappa shape index (κ3) is 2.51. The molecule has 2 aromatic heterocycles. The Hall–Kier alpha value is -2.65. The van der Waals surface area contributed by atoms with E-state index < -0.39 is 17.2 Å². The average Bonchev–Trinajstić information content (AvgIpc) is 3.11. The van der Waals surface area contributed by atoms with Gasteiger partial charge in [-0.25, -0.2) is 9.18 Å². The zero-order chi connectivity index (χ0) is 21.3. The molecule has 0 bridgehead atoms. The Bertz CT molecular complexity index is 1270. The van der Waals surface area contributed by atoms with E-state index in [0.717, 1.165) is 18.7 Å². The topological polar surface area (TPSA) is 68.5 Å². The summed E-state index contributed by atoms with van der Waals surface area (Å²) in [6, 6.07) is 1.55. The summed E-state index contributed by atoms with van der Waals surface area (Å²) >= 11 is 1.25. The molecule has 0 amide bonds. The van der Waals surface area contributed by atoms with Crippen LogP contribution in [0.2, 0.25) is 0 Å². The summed E-state index contributed by atoms with van der Waals surface area (Å²) in [6.45, 7) is 4.88. The lowest BCUT2D eigenvalue weighted by Crippen LogP contribution is -2.51. The smallest absolute Gasteiger partial charge is 0.342 e. The second-order valence-corrected chi connectivity index (χ2v) is 9.03. The highest BCUT2D eigenvalue weighted by Gasteiger charge is 2.33. The number of likely N-dealkylation sites (N-methyl/N-ethyl adjacent to an activating group) is 1. The number of benzene rings is 1. The molecule has 0 radical (unpaired) electrons. The molecule has 0 saturated carbocycles. The Morgan fingerprint density at radius 1 is 1.30 bits per heavy atom. The van der Waals surface area contributed by atoms with Crippen LogP contribution in [-0.4, -0.2) is 60.1 Å². The third-order valence-electron chi connectivity index (χ3n) is 6.47. The van der Waals surface area contributed by atoms with Crippen LogP contribution in [0.5, 0.6) is 0 Å². The van der Waals surface area contributed by atoms with Crippen LogP contribution >= 0.6 is 11.3 Å². The first-order valence-electron chi connectivity index (χ1n) is 10.0. The van der Waals surface area contributed by atoms with Crippen LogP contribution in [0.25, 0.3) is 15.7 Å². The number of carbonyl (C=O) groups is 1. The van der Waals surface area contributed by atoms with Crippen molar-refractivity contribution in [1.82, 2.24) is 9.30 Å². The van der Waals surface area contributed by atoms with Gasteiger partial charge in [0.1, 0.15) is 16.2 Å². The first kappa shape index (κ1) is 19.3. The van der Waals surface area contributed by atoms with E-state index in [1.54, 1.807) is 0 Å². The number of halogens is 1. The van der Waals surface area contributed by atoms with Gasteiger partial charge in [-0.15, -0.1) is 11.3 Å². The van der Waals surface area contributed by atoms with E-state index in [1.165, 1.54) is 17.4 Å². The summed E-state index contributed by atoms with van der Waals surface area (Å²) in [5.74, 6) is -1.76. The van der Waals surface area contributed by atoms with Crippen LogP contribution in [-0.2, 0) is 6.54 Å². The molecule has 30 heavy (non-hydrogen) atoms. The molecule has 7 nitrogen and oxygen atoms in total. The van der Waals surface area contributed by atoms with Crippen LogP contribution in [0, 0.1) is 5.82 Å².